The monoisotopic (exact) mass is 326 g/mol. The summed E-state index contributed by atoms with van der Waals surface area (Å²) in [6.45, 7) is 3.11. The summed E-state index contributed by atoms with van der Waals surface area (Å²) < 4.78 is 0. The lowest BCUT2D eigenvalue weighted by molar-refractivity contribution is -0.120. The van der Waals surface area contributed by atoms with E-state index >= 15 is 0 Å². The van der Waals surface area contributed by atoms with Gasteiger partial charge in [-0.05, 0) is 30.5 Å². The first-order chi connectivity index (χ1) is 11.7. The molecule has 6 heteroatoms. The van der Waals surface area contributed by atoms with Crippen LogP contribution in [0.5, 0.6) is 0 Å². The fourth-order valence-electron chi connectivity index (χ4n) is 3.05. The summed E-state index contributed by atoms with van der Waals surface area (Å²) in [4.78, 5) is 26.1. The van der Waals surface area contributed by atoms with Gasteiger partial charge in [0.05, 0.1) is 6.20 Å². The fourth-order valence-corrected chi connectivity index (χ4v) is 3.05. The molecule has 0 aliphatic carbocycles. The number of carbonyl (C=O) groups excluding carboxylic acids is 2. The van der Waals surface area contributed by atoms with Crippen molar-refractivity contribution >= 4 is 11.8 Å². The average Bonchev–Trinajstić information content (AvgIpc) is 3.30. The summed E-state index contributed by atoms with van der Waals surface area (Å²) in [6, 6.07) is 7.65. The van der Waals surface area contributed by atoms with Gasteiger partial charge in [0.15, 0.2) is 0 Å². The van der Waals surface area contributed by atoms with Gasteiger partial charge in [-0.15, -0.1) is 0 Å². The summed E-state index contributed by atoms with van der Waals surface area (Å²) in [6.07, 6.45) is 5.96. The Morgan fingerprint density at radius 3 is 2.75 bits per heavy atom. The van der Waals surface area contributed by atoms with Crippen LogP contribution in [0.2, 0.25) is 0 Å². The van der Waals surface area contributed by atoms with E-state index in [9.17, 15) is 9.59 Å². The lowest BCUT2D eigenvalue weighted by Gasteiger charge is -2.25. The van der Waals surface area contributed by atoms with Gasteiger partial charge in [0, 0.05) is 42.9 Å². The second kappa shape index (κ2) is 7.29. The topological polar surface area (TPSA) is 78.1 Å². The Kier molecular flexibility index (Phi) is 4.93. The van der Waals surface area contributed by atoms with Crippen molar-refractivity contribution in [2.24, 2.45) is 0 Å². The zero-order valence-electron chi connectivity index (χ0n) is 13.8. The highest BCUT2D eigenvalue weighted by atomic mass is 16.2. The molecule has 0 bridgehead atoms. The Labute approximate surface area is 141 Å². The van der Waals surface area contributed by atoms with Crippen molar-refractivity contribution in [2.45, 2.75) is 32.2 Å². The van der Waals surface area contributed by atoms with Gasteiger partial charge < -0.3 is 10.2 Å². The zero-order chi connectivity index (χ0) is 16.9. The molecule has 1 aromatic carbocycles. The number of carbonyl (C=O) groups is 2. The van der Waals surface area contributed by atoms with E-state index < -0.39 is 0 Å². The molecular weight excluding hydrogens is 304 g/mol. The van der Waals surface area contributed by atoms with E-state index in [1.165, 1.54) is 0 Å². The van der Waals surface area contributed by atoms with Crippen LogP contribution in [0.15, 0.2) is 36.7 Å². The predicted octanol–water partition coefficient (Wildman–Crippen LogP) is 2.21. The molecule has 1 aliphatic rings. The first-order valence-electron chi connectivity index (χ1n) is 8.36. The first kappa shape index (κ1) is 16.2. The molecule has 0 radical (unpaired) electrons. The second-order valence-electron chi connectivity index (χ2n) is 6.02. The van der Waals surface area contributed by atoms with Gasteiger partial charge in [0.1, 0.15) is 0 Å². The molecule has 1 unspecified atom stereocenters. The van der Waals surface area contributed by atoms with E-state index in [0.717, 1.165) is 30.5 Å². The number of benzene rings is 1. The van der Waals surface area contributed by atoms with Gasteiger partial charge in [-0.25, -0.2) is 0 Å². The van der Waals surface area contributed by atoms with Crippen molar-refractivity contribution in [3.05, 3.63) is 42.2 Å². The summed E-state index contributed by atoms with van der Waals surface area (Å²) >= 11 is 0. The molecule has 1 atom stereocenters. The van der Waals surface area contributed by atoms with E-state index in [1.807, 2.05) is 42.3 Å². The SMILES string of the molecule is CCC(=O)NCC1CCCN1C(=O)c1ccc(-c2cn[nH]c2)cc1. The summed E-state index contributed by atoms with van der Waals surface area (Å²) in [5.74, 6) is 0.0563. The third kappa shape index (κ3) is 3.48. The molecular formula is C18H22N4O2. The molecule has 1 aromatic heterocycles. The van der Waals surface area contributed by atoms with Crippen molar-refractivity contribution in [1.29, 1.82) is 0 Å². The molecule has 1 fully saturated rings. The third-order valence-corrected chi connectivity index (χ3v) is 4.46. The van der Waals surface area contributed by atoms with Crippen molar-refractivity contribution < 1.29 is 9.59 Å². The largest absolute Gasteiger partial charge is 0.354 e. The Morgan fingerprint density at radius 2 is 2.08 bits per heavy atom. The highest BCUT2D eigenvalue weighted by Gasteiger charge is 2.29. The maximum atomic E-state index is 12.8. The number of amides is 2. The smallest absolute Gasteiger partial charge is 0.254 e. The highest BCUT2D eigenvalue weighted by Crippen LogP contribution is 2.22. The van der Waals surface area contributed by atoms with Crippen molar-refractivity contribution in [3.63, 3.8) is 0 Å². The quantitative estimate of drug-likeness (QED) is 0.884. The van der Waals surface area contributed by atoms with Crippen molar-refractivity contribution in [3.8, 4) is 11.1 Å². The van der Waals surface area contributed by atoms with Crippen LogP contribution in [0.1, 0.15) is 36.5 Å². The summed E-state index contributed by atoms with van der Waals surface area (Å²) in [7, 11) is 0. The minimum atomic E-state index is 0.0266. The second-order valence-corrected chi connectivity index (χ2v) is 6.02. The van der Waals surface area contributed by atoms with Gasteiger partial charge in [-0.3, -0.25) is 14.7 Å². The molecule has 126 valence electrons. The van der Waals surface area contributed by atoms with Gasteiger partial charge >= 0.3 is 0 Å². The minimum absolute atomic E-state index is 0.0266. The van der Waals surface area contributed by atoms with E-state index in [0.29, 0.717) is 18.5 Å². The van der Waals surface area contributed by atoms with Gasteiger partial charge in [0.25, 0.3) is 5.91 Å². The standard InChI is InChI=1S/C18H22N4O2/c1-2-17(23)19-12-16-4-3-9-22(16)18(24)14-7-5-13(6-8-14)15-10-20-21-11-15/h5-8,10-11,16H,2-4,9,12H2,1H3,(H,19,23)(H,20,21). The Morgan fingerprint density at radius 1 is 1.29 bits per heavy atom. The van der Waals surface area contributed by atoms with E-state index in [1.54, 1.807) is 6.20 Å². The molecule has 1 aliphatic heterocycles. The van der Waals surface area contributed by atoms with Gasteiger partial charge in [-0.2, -0.15) is 5.10 Å². The summed E-state index contributed by atoms with van der Waals surface area (Å²) in [5.41, 5.74) is 2.69. The number of likely N-dealkylation sites (tertiary alicyclic amines) is 1. The number of hydrogen-bond acceptors (Lipinski definition) is 3. The number of nitrogens with one attached hydrogen (secondary N) is 2. The first-order valence-corrected chi connectivity index (χ1v) is 8.36. The maximum absolute atomic E-state index is 12.8. The minimum Gasteiger partial charge on any atom is -0.354 e. The van der Waals surface area contributed by atoms with E-state index in [-0.39, 0.29) is 17.9 Å². The number of H-pyrrole nitrogens is 1. The third-order valence-electron chi connectivity index (χ3n) is 4.46. The van der Waals surface area contributed by atoms with E-state index in [4.69, 9.17) is 0 Å². The van der Waals surface area contributed by atoms with E-state index in [2.05, 4.69) is 15.5 Å². The number of hydrogen-bond donors (Lipinski definition) is 2. The molecule has 1 saturated heterocycles. The van der Waals surface area contributed by atoms with Crippen LogP contribution in [0.4, 0.5) is 0 Å². The molecule has 6 nitrogen and oxygen atoms in total. The fraction of sp³-hybridized carbons (Fsp3) is 0.389. The van der Waals surface area contributed by atoms with Crippen LogP contribution in [-0.2, 0) is 4.79 Å². The predicted molar refractivity (Wildman–Crippen MR) is 91.4 cm³/mol. The number of aromatic amines is 1. The maximum Gasteiger partial charge on any atom is 0.254 e. The molecule has 2 N–H and O–H groups in total. The Hall–Kier alpha value is -2.63. The highest BCUT2D eigenvalue weighted by molar-refractivity contribution is 5.95. The molecule has 2 amide bonds. The number of aromatic nitrogens is 2. The van der Waals surface area contributed by atoms with Crippen LogP contribution in [0, 0.1) is 0 Å². The van der Waals surface area contributed by atoms with Crippen molar-refractivity contribution in [1.82, 2.24) is 20.4 Å². The van der Waals surface area contributed by atoms with Crippen LogP contribution in [0.3, 0.4) is 0 Å². The molecule has 0 saturated carbocycles. The lowest BCUT2D eigenvalue weighted by atomic mass is 10.1. The lowest BCUT2D eigenvalue weighted by Crippen LogP contribution is -2.43. The zero-order valence-corrected chi connectivity index (χ0v) is 13.8. The van der Waals surface area contributed by atoms with Crippen molar-refractivity contribution in [2.75, 3.05) is 13.1 Å². The molecule has 24 heavy (non-hydrogen) atoms. The summed E-state index contributed by atoms with van der Waals surface area (Å²) in [5, 5.41) is 9.62. The van der Waals surface area contributed by atoms with Crippen LogP contribution < -0.4 is 5.32 Å². The van der Waals surface area contributed by atoms with Crippen LogP contribution in [0.25, 0.3) is 11.1 Å². The Bertz CT molecular complexity index is 694. The Balaban J connectivity index is 1.67. The molecule has 2 aromatic rings. The molecule has 0 spiro atoms. The number of rotatable bonds is 5. The van der Waals surface area contributed by atoms with Crippen LogP contribution >= 0.6 is 0 Å². The van der Waals surface area contributed by atoms with Gasteiger partial charge in [-0.1, -0.05) is 19.1 Å². The average molecular weight is 326 g/mol. The van der Waals surface area contributed by atoms with Gasteiger partial charge in [0.2, 0.25) is 5.91 Å². The molecule has 2 heterocycles. The van der Waals surface area contributed by atoms with Crippen LogP contribution in [-0.4, -0.2) is 46.0 Å². The normalized spacial score (nSPS) is 17.0. The molecule has 3 rings (SSSR count). The number of nitrogens with zero attached hydrogens (tertiary/aromatic N) is 2.